The van der Waals surface area contributed by atoms with Crippen LogP contribution in [-0.2, 0) is 9.59 Å². The Hall–Kier alpha value is -2.02. The molecule has 2 heterocycles. The van der Waals surface area contributed by atoms with Crippen molar-refractivity contribution in [2.24, 2.45) is 0 Å². The summed E-state index contributed by atoms with van der Waals surface area (Å²) < 4.78 is 28.3. The molecule has 0 bridgehead atoms. The van der Waals surface area contributed by atoms with Crippen LogP contribution in [0, 0.1) is 0 Å². The second-order valence-electron chi connectivity index (χ2n) is 6.45. The summed E-state index contributed by atoms with van der Waals surface area (Å²) in [6, 6.07) is 6.52. The van der Waals surface area contributed by atoms with E-state index in [2.05, 4.69) is 10.6 Å². The third kappa shape index (κ3) is 3.26. The highest BCUT2D eigenvalue weighted by Crippen LogP contribution is 2.39. The Morgan fingerprint density at radius 3 is 2.75 bits per heavy atom. The number of benzene rings is 1. The lowest BCUT2D eigenvalue weighted by Crippen LogP contribution is -2.51. The van der Waals surface area contributed by atoms with E-state index in [9.17, 15) is 18.4 Å². The molecule has 0 saturated carbocycles. The zero-order valence-corrected chi connectivity index (χ0v) is 13.5. The number of piperidine rings is 2. The summed E-state index contributed by atoms with van der Waals surface area (Å²) in [6.07, 6.45) is 1.08. The SMILES string of the molecule is CN(c1cccc(C2CCNCC2(F)F)c1)C1CCC(=O)NC1=O. The molecule has 2 atom stereocenters. The van der Waals surface area contributed by atoms with E-state index in [4.69, 9.17) is 0 Å². The Bertz CT molecular complexity index is 650. The molecule has 1 aromatic rings. The molecule has 2 aliphatic rings. The van der Waals surface area contributed by atoms with Crippen LogP contribution < -0.4 is 15.5 Å². The van der Waals surface area contributed by atoms with E-state index in [0.717, 1.165) is 0 Å². The van der Waals surface area contributed by atoms with Gasteiger partial charge in [-0.2, -0.15) is 0 Å². The number of halogens is 2. The number of hydrogen-bond donors (Lipinski definition) is 2. The van der Waals surface area contributed by atoms with Crippen LogP contribution in [0.5, 0.6) is 0 Å². The summed E-state index contributed by atoms with van der Waals surface area (Å²) in [7, 11) is 1.75. The molecule has 24 heavy (non-hydrogen) atoms. The van der Waals surface area contributed by atoms with Gasteiger partial charge in [0.15, 0.2) is 0 Å². The van der Waals surface area contributed by atoms with Crippen LogP contribution in [0.25, 0.3) is 0 Å². The lowest BCUT2D eigenvalue weighted by Gasteiger charge is -2.34. The largest absolute Gasteiger partial charge is 0.363 e. The number of amides is 2. The molecule has 2 fully saturated rings. The van der Waals surface area contributed by atoms with Crippen LogP contribution in [0.1, 0.15) is 30.7 Å². The van der Waals surface area contributed by atoms with Gasteiger partial charge in [-0.15, -0.1) is 0 Å². The van der Waals surface area contributed by atoms with Gasteiger partial charge in [0.2, 0.25) is 11.8 Å². The maximum Gasteiger partial charge on any atom is 0.267 e. The van der Waals surface area contributed by atoms with Crippen molar-refractivity contribution < 1.29 is 18.4 Å². The zero-order chi connectivity index (χ0) is 17.3. The molecule has 7 heteroatoms. The average molecular weight is 337 g/mol. The molecule has 0 aromatic heterocycles. The third-order valence-corrected chi connectivity index (χ3v) is 4.84. The van der Waals surface area contributed by atoms with Gasteiger partial charge in [-0.3, -0.25) is 14.9 Å². The number of hydrogen-bond acceptors (Lipinski definition) is 4. The Morgan fingerprint density at radius 2 is 2.04 bits per heavy atom. The third-order valence-electron chi connectivity index (χ3n) is 4.84. The van der Waals surface area contributed by atoms with Crippen molar-refractivity contribution in [1.82, 2.24) is 10.6 Å². The van der Waals surface area contributed by atoms with E-state index >= 15 is 0 Å². The van der Waals surface area contributed by atoms with Gasteiger partial charge >= 0.3 is 0 Å². The van der Waals surface area contributed by atoms with E-state index in [1.54, 1.807) is 36.2 Å². The number of nitrogens with zero attached hydrogens (tertiary/aromatic N) is 1. The first-order valence-corrected chi connectivity index (χ1v) is 8.13. The maximum absolute atomic E-state index is 14.2. The topological polar surface area (TPSA) is 61.4 Å². The Balaban J connectivity index is 1.82. The smallest absolute Gasteiger partial charge is 0.267 e. The van der Waals surface area contributed by atoms with E-state index in [0.29, 0.717) is 30.6 Å². The zero-order valence-electron chi connectivity index (χ0n) is 13.5. The number of carbonyl (C=O) groups excluding carboxylic acids is 2. The summed E-state index contributed by atoms with van der Waals surface area (Å²) >= 11 is 0. The molecule has 0 spiro atoms. The second-order valence-corrected chi connectivity index (χ2v) is 6.45. The lowest BCUT2D eigenvalue weighted by atomic mass is 9.86. The number of likely N-dealkylation sites (N-methyl/N-ethyl adjacent to an activating group) is 1. The van der Waals surface area contributed by atoms with Crippen LogP contribution in [-0.4, -0.2) is 43.9 Å². The molecule has 1 aromatic carbocycles. The number of nitrogens with one attached hydrogen (secondary N) is 2. The van der Waals surface area contributed by atoms with Crippen molar-refractivity contribution in [1.29, 1.82) is 0 Å². The van der Waals surface area contributed by atoms with Gasteiger partial charge in [0, 0.05) is 19.2 Å². The first kappa shape index (κ1) is 16.8. The highest BCUT2D eigenvalue weighted by Gasteiger charge is 2.42. The molecule has 2 unspecified atom stereocenters. The van der Waals surface area contributed by atoms with Crippen molar-refractivity contribution >= 4 is 17.5 Å². The fourth-order valence-electron chi connectivity index (χ4n) is 3.44. The highest BCUT2D eigenvalue weighted by molar-refractivity contribution is 6.01. The van der Waals surface area contributed by atoms with Crippen LogP contribution in [0.4, 0.5) is 14.5 Å². The standard InChI is InChI=1S/C17H21F2N3O2/c1-22(14-5-6-15(23)21-16(14)24)12-4-2-3-11(9-12)13-7-8-20-10-17(13,18)19/h2-4,9,13-14,20H,5-8,10H2,1H3,(H,21,23,24). The summed E-state index contributed by atoms with van der Waals surface area (Å²) in [6.45, 7) is 0.248. The molecule has 2 N–H and O–H groups in total. The van der Waals surface area contributed by atoms with Crippen molar-refractivity contribution in [3.8, 4) is 0 Å². The lowest BCUT2D eigenvalue weighted by molar-refractivity contribution is -0.134. The van der Waals surface area contributed by atoms with Crippen molar-refractivity contribution in [2.45, 2.75) is 37.1 Å². The maximum atomic E-state index is 14.2. The summed E-state index contributed by atoms with van der Waals surface area (Å²) in [5.74, 6) is -4.22. The first-order chi connectivity index (χ1) is 11.4. The Morgan fingerprint density at radius 1 is 1.25 bits per heavy atom. The number of anilines is 1. The van der Waals surface area contributed by atoms with E-state index < -0.39 is 17.9 Å². The summed E-state index contributed by atoms with van der Waals surface area (Å²) in [5, 5.41) is 5.05. The van der Waals surface area contributed by atoms with E-state index in [1.807, 2.05) is 0 Å². The first-order valence-electron chi connectivity index (χ1n) is 8.13. The summed E-state index contributed by atoms with van der Waals surface area (Å²) in [5.41, 5.74) is 1.29. The minimum absolute atomic E-state index is 0.271. The molecule has 2 saturated heterocycles. The Labute approximate surface area is 139 Å². The van der Waals surface area contributed by atoms with Gasteiger partial charge in [0.25, 0.3) is 5.92 Å². The molecule has 3 rings (SSSR count). The van der Waals surface area contributed by atoms with Gasteiger partial charge in [-0.1, -0.05) is 12.1 Å². The minimum atomic E-state index is -2.79. The van der Waals surface area contributed by atoms with Gasteiger partial charge < -0.3 is 10.2 Å². The molecular weight excluding hydrogens is 316 g/mol. The molecule has 5 nitrogen and oxygen atoms in total. The average Bonchev–Trinajstić information content (AvgIpc) is 2.54. The second kappa shape index (κ2) is 6.47. The van der Waals surface area contributed by atoms with Crippen molar-refractivity contribution in [3.05, 3.63) is 29.8 Å². The number of imide groups is 1. The van der Waals surface area contributed by atoms with Gasteiger partial charge in [-0.05, 0) is 37.1 Å². The molecule has 0 aliphatic carbocycles. The number of alkyl halides is 2. The molecule has 2 amide bonds. The number of rotatable bonds is 3. The predicted molar refractivity (Wildman–Crippen MR) is 86.2 cm³/mol. The van der Waals surface area contributed by atoms with E-state index in [1.165, 1.54) is 0 Å². The van der Waals surface area contributed by atoms with Crippen LogP contribution >= 0.6 is 0 Å². The predicted octanol–water partition coefficient (Wildman–Crippen LogP) is 1.64. The fraction of sp³-hybridized carbons (Fsp3) is 0.529. The summed E-state index contributed by atoms with van der Waals surface area (Å²) in [4.78, 5) is 25.0. The normalized spacial score (nSPS) is 26.8. The number of carbonyl (C=O) groups is 2. The van der Waals surface area contributed by atoms with E-state index in [-0.39, 0.29) is 24.8 Å². The highest BCUT2D eigenvalue weighted by atomic mass is 19.3. The van der Waals surface area contributed by atoms with Crippen LogP contribution in [0.3, 0.4) is 0 Å². The van der Waals surface area contributed by atoms with Gasteiger partial charge in [0.05, 0.1) is 12.5 Å². The Kier molecular flexibility index (Phi) is 4.54. The monoisotopic (exact) mass is 337 g/mol. The van der Waals surface area contributed by atoms with Crippen LogP contribution in [0.2, 0.25) is 0 Å². The van der Waals surface area contributed by atoms with Crippen molar-refractivity contribution in [3.63, 3.8) is 0 Å². The van der Waals surface area contributed by atoms with Gasteiger partial charge in [-0.25, -0.2) is 8.78 Å². The van der Waals surface area contributed by atoms with Gasteiger partial charge in [0.1, 0.15) is 6.04 Å². The molecule has 130 valence electrons. The molecular formula is C17H21F2N3O2. The molecule has 0 radical (unpaired) electrons. The van der Waals surface area contributed by atoms with Crippen LogP contribution in [0.15, 0.2) is 24.3 Å². The quantitative estimate of drug-likeness (QED) is 0.823. The fourth-order valence-corrected chi connectivity index (χ4v) is 3.44. The molecule has 2 aliphatic heterocycles. The minimum Gasteiger partial charge on any atom is -0.363 e. The van der Waals surface area contributed by atoms with Crippen molar-refractivity contribution in [2.75, 3.05) is 25.0 Å².